The molecule has 0 amide bonds. The van der Waals surface area contributed by atoms with Gasteiger partial charge in [-0.05, 0) is 6.92 Å². The molecule has 4 heteroatoms. The number of thiazole rings is 1. The van der Waals surface area contributed by atoms with Gasteiger partial charge in [0, 0.05) is 5.38 Å². The Hall–Kier alpha value is -0.920. The standard InChI is InChI=1S/C6H7N3S/c1-4(8)6-9-5(2-7)3-10-6/h3-4H,8H2,1H3/t4-/m0/s1. The third-order valence-electron chi connectivity index (χ3n) is 1.03. The van der Waals surface area contributed by atoms with Gasteiger partial charge < -0.3 is 5.73 Å². The van der Waals surface area contributed by atoms with Crippen molar-refractivity contribution < 1.29 is 0 Å². The molecular weight excluding hydrogens is 146 g/mol. The molecule has 1 aromatic rings. The van der Waals surface area contributed by atoms with Crippen molar-refractivity contribution in [1.29, 1.82) is 5.26 Å². The first-order valence-electron chi connectivity index (χ1n) is 2.85. The zero-order chi connectivity index (χ0) is 7.56. The number of nitrogens with two attached hydrogens (primary N) is 1. The van der Waals surface area contributed by atoms with Crippen molar-refractivity contribution in [3.63, 3.8) is 0 Å². The lowest BCUT2D eigenvalue weighted by Crippen LogP contribution is -2.03. The first kappa shape index (κ1) is 7.19. The third kappa shape index (κ3) is 1.32. The molecule has 0 aromatic carbocycles. The van der Waals surface area contributed by atoms with Crippen molar-refractivity contribution in [2.45, 2.75) is 13.0 Å². The SMILES string of the molecule is C[C@H](N)c1nc(C#N)cs1. The van der Waals surface area contributed by atoms with Crippen molar-refractivity contribution in [2.24, 2.45) is 5.73 Å². The summed E-state index contributed by atoms with van der Waals surface area (Å²) in [7, 11) is 0. The zero-order valence-electron chi connectivity index (χ0n) is 5.53. The van der Waals surface area contributed by atoms with E-state index in [0.717, 1.165) is 5.01 Å². The van der Waals surface area contributed by atoms with E-state index in [1.165, 1.54) is 11.3 Å². The van der Waals surface area contributed by atoms with Gasteiger partial charge in [0.15, 0.2) is 5.69 Å². The Morgan fingerprint density at radius 2 is 2.60 bits per heavy atom. The second kappa shape index (κ2) is 2.78. The van der Waals surface area contributed by atoms with E-state index in [-0.39, 0.29) is 6.04 Å². The fourth-order valence-electron chi connectivity index (χ4n) is 0.548. The molecule has 0 saturated heterocycles. The molecule has 0 radical (unpaired) electrons. The third-order valence-corrected chi connectivity index (χ3v) is 2.07. The smallest absolute Gasteiger partial charge is 0.151 e. The van der Waals surface area contributed by atoms with Crippen LogP contribution in [-0.2, 0) is 0 Å². The Bertz CT molecular complexity index is 258. The molecule has 1 aromatic heterocycles. The predicted molar refractivity (Wildman–Crippen MR) is 39.4 cm³/mol. The molecule has 0 aliphatic carbocycles. The summed E-state index contributed by atoms with van der Waals surface area (Å²) in [6.45, 7) is 1.85. The Morgan fingerprint density at radius 3 is 2.90 bits per heavy atom. The minimum atomic E-state index is -0.0629. The molecule has 0 aliphatic heterocycles. The summed E-state index contributed by atoms with van der Waals surface area (Å²) in [4.78, 5) is 3.96. The van der Waals surface area contributed by atoms with E-state index >= 15 is 0 Å². The molecule has 1 heterocycles. The molecule has 2 N–H and O–H groups in total. The van der Waals surface area contributed by atoms with Gasteiger partial charge in [-0.2, -0.15) is 5.26 Å². The van der Waals surface area contributed by atoms with Crippen LogP contribution in [0.2, 0.25) is 0 Å². The Morgan fingerprint density at radius 1 is 1.90 bits per heavy atom. The van der Waals surface area contributed by atoms with E-state index < -0.39 is 0 Å². The normalized spacial score (nSPS) is 12.5. The van der Waals surface area contributed by atoms with Gasteiger partial charge in [0.2, 0.25) is 0 Å². The molecule has 0 fully saturated rings. The molecule has 0 saturated carbocycles. The summed E-state index contributed by atoms with van der Waals surface area (Å²) in [6, 6.07) is 1.88. The van der Waals surface area contributed by atoms with Gasteiger partial charge >= 0.3 is 0 Å². The van der Waals surface area contributed by atoms with Crippen LogP contribution in [0.4, 0.5) is 0 Å². The number of aromatic nitrogens is 1. The molecule has 1 rings (SSSR count). The first-order chi connectivity index (χ1) is 4.74. The maximum atomic E-state index is 8.39. The molecule has 3 nitrogen and oxygen atoms in total. The summed E-state index contributed by atoms with van der Waals surface area (Å²) < 4.78 is 0. The number of rotatable bonds is 1. The van der Waals surface area contributed by atoms with E-state index in [9.17, 15) is 0 Å². The van der Waals surface area contributed by atoms with Crippen molar-refractivity contribution >= 4 is 11.3 Å². The molecule has 52 valence electrons. The highest BCUT2D eigenvalue weighted by Crippen LogP contribution is 2.14. The van der Waals surface area contributed by atoms with Crippen LogP contribution in [0.5, 0.6) is 0 Å². The molecule has 10 heavy (non-hydrogen) atoms. The largest absolute Gasteiger partial charge is 0.322 e. The van der Waals surface area contributed by atoms with Crippen LogP contribution in [0, 0.1) is 11.3 Å². The van der Waals surface area contributed by atoms with E-state index in [4.69, 9.17) is 11.0 Å². The average molecular weight is 153 g/mol. The first-order valence-corrected chi connectivity index (χ1v) is 3.73. The summed E-state index contributed by atoms with van der Waals surface area (Å²) in [5.74, 6) is 0. The van der Waals surface area contributed by atoms with Gasteiger partial charge in [0.25, 0.3) is 0 Å². The van der Waals surface area contributed by atoms with Crippen LogP contribution in [0.15, 0.2) is 5.38 Å². The lowest BCUT2D eigenvalue weighted by atomic mass is 10.4. The van der Waals surface area contributed by atoms with E-state index in [1.54, 1.807) is 5.38 Å². The summed E-state index contributed by atoms with van der Waals surface area (Å²) >= 11 is 1.42. The summed E-state index contributed by atoms with van der Waals surface area (Å²) in [5, 5.41) is 10.9. The predicted octanol–water partition coefficient (Wildman–Crippen LogP) is 1.03. The lowest BCUT2D eigenvalue weighted by molar-refractivity contribution is 0.805. The Kier molecular flexibility index (Phi) is 2.00. The van der Waals surface area contributed by atoms with Gasteiger partial charge in [-0.25, -0.2) is 4.98 Å². The number of nitrogens with zero attached hydrogens (tertiary/aromatic N) is 2. The van der Waals surface area contributed by atoms with Gasteiger partial charge in [0.05, 0.1) is 6.04 Å². The Balaban J connectivity index is 2.91. The van der Waals surface area contributed by atoms with Crippen LogP contribution >= 0.6 is 11.3 Å². The lowest BCUT2D eigenvalue weighted by Gasteiger charge is -1.94. The molecular formula is C6H7N3S. The maximum Gasteiger partial charge on any atom is 0.151 e. The Labute approximate surface area is 63.1 Å². The zero-order valence-corrected chi connectivity index (χ0v) is 6.35. The van der Waals surface area contributed by atoms with Crippen LogP contribution < -0.4 is 5.73 Å². The van der Waals surface area contributed by atoms with Crippen LogP contribution in [0.25, 0.3) is 0 Å². The van der Waals surface area contributed by atoms with Crippen molar-refractivity contribution in [1.82, 2.24) is 4.98 Å². The van der Waals surface area contributed by atoms with E-state index in [1.807, 2.05) is 13.0 Å². The highest BCUT2D eigenvalue weighted by molar-refractivity contribution is 7.09. The highest BCUT2D eigenvalue weighted by atomic mass is 32.1. The maximum absolute atomic E-state index is 8.39. The van der Waals surface area contributed by atoms with Crippen LogP contribution in [0.1, 0.15) is 23.7 Å². The number of hydrogen-bond donors (Lipinski definition) is 1. The van der Waals surface area contributed by atoms with E-state index in [2.05, 4.69) is 4.98 Å². The summed E-state index contributed by atoms with van der Waals surface area (Å²) in [6.07, 6.45) is 0. The van der Waals surface area contributed by atoms with Crippen molar-refractivity contribution in [3.8, 4) is 6.07 Å². The molecule has 1 atom stereocenters. The van der Waals surface area contributed by atoms with Gasteiger partial charge in [-0.1, -0.05) is 0 Å². The van der Waals surface area contributed by atoms with Crippen molar-refractivity contribution in [2.75, 3.05) is 0 Å². The summed E-state index contributed by atoms with van der Waals surface area (Å²) in [5.41, 5.74) is 5.98. The minimum absolute atomic E-state index is 0.0629. The minimum Gasteiger partial charge on any atom is -0.322 e. The van der Waals surface area contributed by atoms with Crippen molar-refractivity contribution in [3.05, 3.63) is 16.1 Å². The average Bonchev–Trinajstić information content (AvgIpc) is 2.34. The second-order valence-electron chi connectivity index (χ2n) is 1.97. The fourth-order valence-corrected chi connectivity index (χ4v) is 1.25. The number of hydrogen-bond acceptors (Lipinski definition) is 4. The van der Waals surface area contributed by atoms with E-state index in [0.29, 0.717) is 5.69 Å². The second-order valence-corrected chi connectivity index (χ2v) is 2.86. The van der Waals surface area contributed by atoms with Gasteiger partial charge in [-0.3, -0.25) is 0 Å². The topological polar surface area (TPSA) is 62.7 Å². The molecule has 0 aliphatic rings. The quantitative estimate of drug-likeness (QED) is 0.655. The van der Waals surface area contributed by atoms with Gasteiger partial charge in [-0.15, -0.1) is 11.3 Å². The number of nitriles is 1. The van der Waals surface area contributed by atoms with Gasteiger partial charge in [0.1, 0.15) is 11.1 Å². The molecule has 0 spiro atoms. The molecule has 0 unspecified atom stereocenters. The van der Waals surface area contributed by atoms with Crippen LogP contribution in [0.3, 0.4) is 0 Å². The van der Waals surface area contributed by atoms with Crippen LogP contribution in [-0.4, -0.2) is 4.98 Å². The fraction of sp³-hybridized carbons (Fsp3) is 0.333. The monoisotopic (exact) mass is 153 g/mol. The highest BCUT2D eigenvalue weighted by Gasteiger charge is 2.03. The molecule has 0 bridgehead atoms.